The first kappa shape index (κ1) is 27.0. The normalized spacial score (nSPS) is 51.5. The Morgan fingerprint density at radius 2 is 1.24 bits per heavy atom. The molecule has 14 atom stereocenters. The van der Waals surface area contributed by atoms with Crippen molar-refractivity contribution in [3.05, 3.63) is 0 Å². The van der Waals surface area contributed by atoms with Crippen LogP contribution in [0.2, 0.25) is 0 Å². The number of hydrogen-bond acceptors (Lipinski definition) is 15. The van der Waals surface area contributed by atoms with Crippen molar-refractivity contribution in [3.63, 3.8) is 0 Å². The van der Waals surface area contributed by atoms with E-state index < -0.39 is 106 Å². The van der Waals surface area contributed by atoms with Gasteiger partial charge in [-0.2, -0.15) is 0 Å². The Hall–Kier alpha value is -0.600. The van der Waals surface area contributed by atoms with E-state index >= 15 is 0 Å². The summed E-state index contributed by atoms with van der Waals surface area (Å²) in [6.07, 6.45) is -21.4. The van der Waals surface area contributed by atoms with Crippen molar-refractivity contribution in [2.24, 2.45) is 0 Å². The van der Waals surface area contributed by atoms with E-state index in [2.05, 4.69) is 0 Å². The Balaban J connectivity index is 1.64. The van der Waals surface area contributed by atoms with Gasteiger partial charge in [0.05, 0.1) is 25.9 Å². The minimum absolute atomic E-state index is 0.145. The topological polar surface area (TPSA) is 248 Å². The van der Waals surface area contributed by atoms with Gasteiger partial charge in [0.2, 0.25) is 0 Å². The lowest BCUT2D eigenvalue weighted by molar-refractivity contribution is -0.360. The lowest BCUT2D eigenvalue weighted by atomic mass is 9.97. The zero-order valence-electron chi connectivity index (χ0n) is 17.4. The molecular formula is C18H32O15. The van der Waals surface area contributed by atoms with Gasteiger partial charge in [0.1, 0.15) is 61.0 Å². The van der Waals surface area contributed by atoms with Gasteiger partial charge in [0, 0.05) is 6.42 Å². The van der Waals surface area contributed by atoms with Gasteiger partial charge in [0.15, 0.2) is 18.9 Å². The second-order valence-corrected chi connectivity index (χ2v) is 8.27. The largest absolute Gasteiger partial charge is 0.394 e. The summed E-state index contributed by atoms with van der Waals surface area (Å²) < 4.78 is 26.3. The van der Waals surface area contributed by atoms with Crippen LogP contribution < -0.4 is 0 Å². The van der Waals surface area contributed by atoms with Crippen LogP contribution in [-0.2, 0) is 23.7 Å². The molecule has 15 nitrogen and oxygen atoms in total. The smallest absolute Gasteiger partial charge is 0.187 e. The van der Waals surface area contributed by atoms with Gasteiger partial charge in [-0.15, -0.1) is 0 Å². The lowest BCUT2D eigenvalue weighted by Crippen LogP contribution is -2.64. The van der Waals surface area contributed by atoms with Crippen LogP contribution in [0.4, 0.5) is 0 Å². The average molecular weight is 488 g/mol. The fourth-order valence-corrected chi connectivity index (χ4v) is 3.92. The Kier molecular flexibility index (Phi) is 9.35. The van der Waals surface area contributed by atoms with E-state index in [0.29, 0.717) is 0 Å². The van der Waals surface area contributed by atoms with Gasteiger partial charge in [-0.05, 0) is 0 Å². The fraction of sp³-hybridized carbons (Fsp3) is 1.00. The molecule has 0 unspecified atom stereocenters. The van der Waals surface area contributed by atoms with Gasteiger partial charge in [-0.3, -0.25) is 0 Å². The molecule has 0 aliphatic carbocycles. The van der Waals surface area contributed by atoms with Crippen molar-refractivity contribution >= 4 is 0 Å². The molecule has 0 saturated carbocycles. The molecular weight excluding hydrogens is 456 g/mol. The van der Waals surface area contributed by atoms with Gasteiger partial charge in [-0.1, -0.05) is 0 Å². The second kappa shape index (κ2) is 11.4. The third-order valence-corrected chi connectivity index (χ3v) is 5.94. The van der Waals surface area contributed by atoms with E-state index in [1.165, 1.54) is 0 Å². The maximum absolute atomic E-state index is 10.6. The number of aliphatic hydroxyl groups excluding tert-OH is 10. The average Bonchev–Trinajstić information content (AvgIpc) is 2.79. The maximum Gasteiger partial charge on any atom is 0.187 e. The van der Waals surface area contributed by atoms with Gasteiger partial charge >= 0.3 is 0 Å². The molecule has 10 N–H and O–H groups in total. The third kappa shape index (κ3) is 5.80. The molecule has 0 spiro atoms. The quantitative estimate of drug-likeness (QED) is 0.160. The standard InChI is InChI=1S/C18H32O15/c19-2-7-5(21)1-6(22)17(31-7)29-4-9-11(24)15(14(27)16(28)30-9)33-18-13(26)12(25)10(23)8(3-20)32-18/h5-28H,1-4H2/t5-,6-,7+,8+,9+,10+,11+,12-,13-,14-,15-,16-,17-,18+/m0/s1. The highest BCUT2D eigenvalue weighted by molar-refractivity contribution is 4.94. The zero-order valence-corrected chi connectivity index (χ0v) is 17.4. The predicted molar refractivity (Wildman–Crippen MR) is 99.9 cm³/mol. The van der Waals surface area contributed by atoms with E-state index in [1.807, 2.05) is 0 Å². The summed E-state index contributed by atoms with van der Waals surface area (Å²) in [4.78, 5) is 0. The molecule has 194 valence electrons. The van der Waals surface area contributed by atoms with Crippen LogP contribution in [0.5, 0.6) is 0 Å². The Labute approximate surface area is 187 Å². The molecule has 0 bridgehead atoms. The Morgan fingerprint density at radius 1 is 0.606 bits per heavy atom. The molecule has 3 rings (SSSR count). The van der Waals surface area contributed by atoms with Crippen LogP contribution in [0.25, 0.3) is 0 Å². The SMILES string of the molecule is OC[C@H]1O[C@H](O[C@@H]2[C@H](O)[C@@H](O)O[C@H](CO[C@H]3O[C@H](CO)[C@@H](O)C[C@@H]3O)[C@H]2O)[C@@H](O)[C@@H](O)[C@@H]1O. The fourth-order valence-electron chi connectivity index (χ4n) is 3.92. The van der Waals surface area contributed by atoms with Crippen LogP contribution in [0.1, 0.15) is 6.42 Å². The van der Waals surface area contributed by atoms with Crippen molar-refractivity contribution in [1.82, 2.24) is 0 Å². The summed E-state index contributed by atoms with van der Waals surface area (Å²) in [7, 11) is 0. The molecule has 0 amide bonds. The summed E-state index contributed by atoms with van der Waals surface area (Å²) in [6.45, 7) is -1.75. The molecule has 15 heteroatoms. The molecule has 0 aromatic heterocycles. The monoisotopic (exact) mass is 488 g/mol. The number of ether oxygens (including phenoxy) is 5. The first-order valence-corrected chi connectivity index (χ1v) is 10.5. The van der Waals surface area contributed by atoms with Crippen molar-refractivity contribution in [1.29, 1.82) is 0 Å². The van der Waals surface area contributed by atoms with Crippen molar-refractivity contribution in [2.45, 2.75) is 92.4 Å². The van der Waals surface area contributed by atoms with Crippen LogP contribution in [0.15, 0.2) is 0 Å². The summed E-state index contributed by atoms with van der Waals surface area (Å²) in [5, 5.41) is 99.0. The molecule has 0 radical (unpaired) electrons. The first-order chi connectivity index (χ1) is 15.6. The molecule has 3 aliphatic rings. The van der Waals surface area contributed by atoms with Crippen molar-refractivity contribution in [3.8, 4) is 0 Å². The molecule has 3 aliphatic heterocycles. The van der Waals surface area contributed by atoms with Crippen LogP contribution in [0.3, 0.4) is 0 Å². The third-order valence-electron chi connectivity index (χ3n) is 5.94. The highest BCUT2D eigenvalue weighted by Crippen LogP contribution is 2.29. The minimum Gasteiger partial charge on any atom is -0.394 e. The second-order valence-electron chi connectivity index (χ2n) is 8.27. The van der Waals surface area contributed by atoms with Gasteiger partial charge < -0.3 is 74.7 Å². The highest BCUT2D eigenvalue weighted by atomic mass is 16.7. The molecule has 3 fully saturated rings. The van der Waals surface area contributed by atoms with Crippen molar-refractivity contribution < 1.29 is 74.7 Å². The van der Waals surface area contributed by atoms with Crippen molar-refractivity contribution in [2.75, 3.05) is 19.8 Å². The number of aliphatic hydroxyl groups is 10. The summed E-state index contributed by atoms with van der Waals surface area (Å²) in [6, 6.07) is 0. The molecule has 3 saturated heterocycles. The van der Waals surface area contributed by atoms with E-state index in [9.17, 15) is 51.1 Å². The van der Waals surface area contributed by atoms with E-state index in [1.54, 1.807) is 0 Å². The number of rotatable bonds is 7. The Morgan fingerprint density at radius 3 is 1.88 bits per heavy atom. The molecule has 0 aromatic carbocycles. The van der Waals surface area contributed by atoms with E-state index in [-0.39, 0.29) is 6.42 Å². The highest BCUT2D eigenvalue weighted by Gasteiger charge is 2.50. The van der Waals surface area contributed by atoms with Crippen LogP contribution >= 0.6 is 0 Å². The molecule has 0 aromatic rings. The number of hydrogen-bond donors (Lipinski definition) is 10. The Bertz CT molecular complexity index is 609. The summed E-state index contributed by atoms with van der Waals surface area (Å²) in [5.41, 5.74) is 0. The maximum atomic E-state index is 10.6. The first-order valence-electron chi connectivity index (χ1n) is 10.5. The van der Waals surface area contributed by atoms with Gasteiger partial charge in [0.25, 0.3) is 0 Å². The van der Waals surface area contributed by atoms with E-state index in [0.717, 1.165) is 0 Å². The zero-order chi connectivity index (χ0) is 24.4. The summed E-state index contributed by atoms with van der Waals surface area (Å²) in [5.74, 6) is 0. The molecule has 33 heavy (non-hydrogen) atoms. The molecule has 3 heterocycles. The summed E-state index contributed by atoms with van der Waals surface area (Å²) >= 11 is 0. The lowest BCUT2D eigenvalue weighted by Gasteiger charge is -2.45. The minimum atomic E-state index is -1.87. The van der Waals surface area contributed by atoms with E-state index in [4.69, 9.17) is 23.7 Å². The predicted octanol–water partition coefficient (Wildman–Crippen LogP) is -6.54. The van der Waals surface area contributed by atoms with Crippen LogP contribution in [-0.4, -0.2) is 157 Å². The van der Waals surface area contributed by atoms with Crippen LogP contribution in [0, 0.1) is 0 Å². The van der Waals surface area contributed by atoms with Gasteiger partial charge in [-0.25, -0.2) is 0 Å².